The fraction of sp³-hybridized carbons (Fsp3) is 0.214. The van der Waals surface area contributed by atoms with E-state index in [0.29, 0.717) is 33.5 Å². The second-order valence-corrected chi connectivity index (χ2v) is 9.62. The first-order valence-corrected chi connectivity index (χ1v) is 13.0. The molecule has 2 aliphatic rings. The second kappa shape index (κ2) is 11.3. The fourth-order valence-electron chi connectivity index (χ4n) is 4.37. The van der Waals surface area contributed by atoms with Gasteiger partial charge in [0.2, 0.25) is 12.7 Å². The van der Waals surface area contributed by atoms with E-state index < -0.39 is 12.0 Å². The summed E-state index contributed by atoms with van der Waals surface area (Å²) in [5, 5.41) is 3.60. The predicted octanol–water partition coefficient (Wildman–Crippen LogP) is 4.78. The Kier molecular flexibility index (Phi) is 7.67. The fourth-order valence-corrected chi connectivity index (χ4v) is 4.88. The normalized spacial score (nSPS) is 16.0. The number of halogens is 1. The zero-order valence-corrected chi connectivity index (χ0v) is 22.5. The van der Waals surface area contributed by atoms with Gasteiger partial charge in [-0.05, 0) is 85.4 Å². The van der Waals surface area contributed by atoms with Crippen LogP contribution >= 0.6 is 23.8 Å². The standard InChI is InChI=1S/C28H24ClN3O6S/c1-2-36-27(35)18-4-8-20(9-5-18)30-25(33)14-22-26(34)32(21-10-6-19(29)7-11-21)28(39)31(22)15-17-3-12-23-24(13-17)38-16-37-23/h3-13,22H,2,14-16H2,1H3,(H,30,33)/t22-/m0/s1. The average molecular weight is 566 g/mol. The minimum Gasteiger partial charge on any atom is -0.462 e. The Balaban J connectivity index is 1.36. The van der Waals surface area contributed by atoms with Gasteiger partial charge in [-0.25, -0.2) is 4.79 Å². The summed E-state index contributed by atoms with van der Waals surface area (Å²) >= 11 is 11.8. The third-order valence-corrected chi connectivity index (χ3v) is 6.92. The molecule has 11 heteroatoms. The van der Waals surface area contributed by atoms with Crippen molar-refractivity contribution >= 4 is 58.1 Å². The molecule has 1 atom stereocenters. The molecule has 0 aromatic heterocycles. The summed E-state index contributed by atoms with van der Waals surface area (Å²) in [5.74, 6) is 0.108. The monoisotopic (exact) mass is 565 g/mol. The highest BCUT2D eigenvalue weighted by Crippen LogP contribution is 2.35. The lowest BCUT2D eigenvalue weighted by atomic mass is 10.1. The number of nitrogens with zero attached hydrogens (tertiary/aromatic N) is 2. The predicted molar refractivity (Wildman–Crippen MR) is 149 cm³/mol. The minimum absolute atomic E-state index is 0.146. The van der Waals surface area contributed by atoms with Crippen molar-refractivity contribution in [1.29, 1.82) is 0 Å². The summed E-state index contributed by atoms with van der Waals surface area (Å²) in [6.07, 6.45) is -0.146. The maximum absolute atomic E-state index is 13.6. The van der Waals surface area contributed by atoms with Crippen molar-refractivity contribution in [2.45, 2.75) is 25.9 Å². The van der Waals surface area contributed by atoms with Gasteiger partial charge in [0.25, 0.3) is 5.91 Å². The average Bonchev–Trinajstić information content (AvgIpc) is 3.48. The van der Waals surface area contributed by atoms with E-state index in [1.807, 2.05) is 12.1 Å². The van der Waals surface area contributed by atoms with Gasteiger partial charge in [-0.1, -0.05) is 17.7 Å². The van der Waals surface area contributed by atoms with Crippen molar-refractivity contribution in [1.82, 2.24) is 4.90 Å². The number of hydrogen-bond acceptors (Lipinski definition) is 7. The Morgan fingerprint density at radius 1 is 1.05 bits per heavy atom. The Bertz CT molecular complexity index is 1430. The number of amides is 2. The maximum atomic E-state index is 13.6. The third-order valence-electron chi connectivity index (χ3n) is 6.25. The van der Waals surface area contributed by atoms with Gasteiger partial charge in [0.05, 0.1) is 24.3 Å². The molecule has 1 N–H and O–H groups in total. The molecule has 39 heavy (non-hydrogen) atoms. The summed E-state index contributed by atoms with van der Waals surface area (Å²) < 4.78 is 15.9. The molecule has 3 aromatic carbocycles. The molecule has 0 spiro atoms. The van der Waals surface area contributed by atoms with Gasteiger partial charge in [0.15, 0.2) is 16.6 Å². The highest BCUT2D eigenvalue weighted by molar-refractivity contribution is 7.80. The van der Waals surface area contributed by atoms with Gasteiger partial charge in [-0.2, -0.15) is 0 Å². The van der Waals surface area contributed by atoms with Crippen LogP contribution in [0.25, 0.3) is 0 Å². The number of esters is 1. The summed E-state index contributed by atoms with van der Waals surface area (Å²) in [7, 11) is 0. The topological polar surface area (TPSA) is 97.4 Å². The van der Waals surface area contributed by atoms with Crippen molar-refractivity contribution < 1.29 is 28.6 Å². The SMILES string of the molecule is CCOC(=O)c1ccc(NC(=O)C[C@H]2C(=O)N(c3ccc(Cl)cc3)C(=S)N2Cc2ccc3c(c2)OCO3)cc1. The molecular formula is C28H24ClN3O6S. The molecule has 0 bridgehead atoms. The molecule has 0 unspecified atom stereocenters. The number of anilines is 2. The van der Waals surface area contributed by atoms with E-state index in [9.17, 15) is 14.4 Å². The highest BCUT2D eigenvalue weighted by atomic mass is 35.5. The highest BCUT2D eigenvalue weighted by Gasteiger charge is 2.44. The smallest absolute Gasteiger partial charge is 0.338 e. The van der Waals surface area contributed by atoms with Gasteiger partial charge in [-0.3, -0.25) is 14.5 Å². The lowest BCUT2D eigenvalue weighted by Gasteiger charge is -2.24. The van der Waals surface area contributed by atoms with Gasteiger partial charge in [-0.15, -0.1) is 0 Å². The molecule has 2 aliphatic heterocycles. The van der Waals surface area contributed by atoms with E-state index in [0.717, 1.165) is 5.56 Å². The third kappa shape index (κ3) is 5.67. The van der Waals surface area contributed by atoms with Gasteiger partial charge >= 0.3 is 5.97 Å². The number of carbonyl (C=O) groups is 3. The first-order chi connectivity index (χ1) is 18.8. The molecule has 0 aliphatic carbocycles. The largest absolute Gasteiger partial charge is 0.462 e. The Morgan fingerprint density at radius 3 is 2.49 bits per heavy atom. The van der Waals surface area contributed by atoms with Gasteiger partial charge < -0.3 is 24.4 Å². The van der Waals surface area contributed by atoms with Crippen LogP contribution in [0.4, 0.5) is 11.4 Å². The molecule has 1 saturated heterocycles. The van der Waals surface area contributed by atoms with Crippen molar-refractivity contribution in [2.24, 2.45) is 0 Å². The number of fused-ring (bicyclic) bond motifs is 1. The summed E-state index contributed by atoms with van der Waals surface area (Å²) in [6.45, 7) is 2.42. The van der Waals surface area contributed by atoms with Crippen molar-refractivity contribution in [3.63, 3.8) is 0 Å². The zero-order chi connectivity index (χ0) is 27.5. The van der Waals surface area contributed by atoms with Crippen molar-refractivity contribution in [3.8, 4) is 11.5 Å². The van der Waals surface area contributed by atoms with Crippen molar-refractivity contribution in [2.75, 3.05) is 23.6 Å². The maximum Gasteiger partial charge on any atom is 0.338 e. The lowest BCUT2D eigenvalue weighted by Crippen LogP contribution is -2.37. The minimum atomic E-state index is -0.850. The van der Waals surface area contributed by atoms with Crippen LogP contribution in [0, 0.1) is 0 Å². The zero-order valence-electron chi connectivity index (χ0n) is 20.9. The first-order valence-electron chi connectivity index (χ1n) is 12.2. The van der Waals surface area contributed by atoms with Crippen LogP contribution in [0.2, 0.25) is 5.02 Å². The van der Waals surface area contributed by atoms with Crippen LogP contribution in [-0.2, 0) is 20.9 Å². The van der Waals surface area contributed by atoms with E-state index in [1.165, 1.54) is 4.90 Å². The molecule has 3 aromatic rings. The molecule has 1 fully saturated rings. The number of benzene rings is 3. The van der Waals surface area contributed by atoms with E-state index in [-0.39, 0.29) is 43.3 Å². The molecule has 2 heterocycles. The van der Waals surface area contributed by atoms with Crippen LogP contribution in [-0.4, -0.2) is 47.2 Å². The summed E-state index contributed by atoms with van der Waals surface area (Å²) in [6, 6.07) is 17.8. The van der Waals surface area contributed by atoms with Crippen LogP contribution in [0.15, 0.2) is 66.7 Å². The van der Waals surface area contributed by atoms with Crippen LogP contribution in [0.1, 0.15) is 29.3 Å². The van der Waals surface area contributed by atoms with E-state index >= 15 is 0 Å². The number of hydrogen-bond donors (Lipinski definition) is 1. The Labute approximate surface area is 235 Å². The second-order valence-electron chi connectivity index (χ2n) is 8.81. The number of carbonyl (C=O) groups excluding carboxylic acids is 3. The molecule has 200 valence electrons. The lowest BCUT2D eigenvalue weighted by molar-refractivity contribution is -0.124. The molecule has 9 nitrogen and oxygen atoms in total. The van der Waals surface area contributed by atoms with Gasteiger partial charge in [0, 0.05) is 17.3 Å². The van der Waals surface area contributed by atoms with E-state index in [1.54, 1.807) is 66.4 Å². The number of ether oxygens (including phenoxy) is 3. The molecule has 2 amide bonds. The van der Waals surface area contributed by atoms with Crippen molar-refractivity contribution in [3.05, 3.63) is 82.9 Å². The summed E-state index contributed by atoms with van der Waals surface area (Å²) in [4.78, 5) is 41.8. The molecular weight excluding hydrogens is 542 g/mol. The van der Waals surface area contributed by atoms with E-state index in [4.69, 9.17) is 38.0 Å². The van der Waals surface area contributed by atoms with E-state index in [2.05, 4.69) is 5.32 Å². The number of nitrogens with one attached hydrogen (secondary N) is 1. The first kappa shape index (κ1) is 26.5. The Morgan fingerprint density at radius 2 is 1.77 bits per heavy atom. The quantitative estimate of drug-likeness (QED) is 0.308. The molecule has 0 radical (unpaired) electrons. The molecule has 0 saturated carbocycles. The van der Waals surface area contributed by atoms with Crippen LogP contribution < -0.4 is 19.7 Å². The van der Waals surface area contributed by atoms with Gasteiger partial charge in [0.1, 0.15) is 6.04 Å². The summed E-state index contributed by atoms with van der Waals surface area (Å²) in [5.41, 5.74) is 2.26. The number of rotatable bonds is 8. The Hall–Kier alpha value is -4.15. The number of thiocarbonyl (C=S) groups is 1. The van der Waals surface area contributed by atoms with Crippen LogP contribution in [0.3, 0.4) is 0 Å². The van der Waals surface area contributed by atoms with Crippen LogP contribution in [0.5, 0.6) is 11.5 Å². The molecule has 5 rings (SSSR count).